The molecule has 0 aliphatic heterocycles. The highest BCUT2D eigenvalue weighted by Crippen LogP contribution is 2.11. The Bertz CT molecular complexity index is 496. The van der Waals surface area contributed by atoms with Crippen molar-refractivity contribution in [1.82, 2.24) is 20.4 Å². The maximum atomic E-state index is 12.4. The molecular weight excluding hydrogens is 244 g/mol. The van der Waals surface area contributed by atoms with Gasteiger partial charge in [0.1, 0.15) is 5.56 Å². The maximum absolute atomic E-state index is 12.4. The molecule has 1 rings (SSSR count). The molecule has 0 aliphatic rings. The number of carbonyl (C=O) groups excluding carboxylic acids is 1. The van der Waals surface area contributed by atoms with Gasteiger partial charge in [0.05, 0.1) is 5.69 Å². The summed E-state index contributed by atoms with van der Waals surface area (Å²) < 4.78 is 0. The highest BCUT2D eigenvalue weighted by atomic mass is 16.2. The third-order valence-corrected chi connectivity index (χ3v) is 3.12. The predicted molar refractivity (Wildman–Crippen MR) is 74.5 cm³/mol. The number of carbonyl (C=O) groups is 1. The molecule has 6 heteroatoms. The van der Waals surface area contributed by atoms with E-state index >= 15 is 0 Å². The SMILES string of the molecule is CCc1n[nH]c(=O)c(C(=O)N(C)CCNC)c1CC. The van der Waals surface area contributed by atoms with Crippen molar-refractivity contribution >= 4 is 5.91 Å². The lowest BCUT2D eigenvalue weighted by Gasteiger charge is -2.18. The van der Waals surface area contributed by atoms with E-state index < -0.39 is 5.56 Å². The molecule has 1 aromatic rings. The van der Waals surface area contributed by atoms with E-state index in [-0.39, 0.29) is 11.5 Å². The molecule has 19 heavy (non-hydrogen) atoms. The Kier molecular flexibility index (Phi) is 5.69. The molecule has 1 aromatic heterocycles. The molecule has 0 saturated heterocycles. The summed E-state index contributed by atoms with van der Waals surface area (Å²) in [6, 6.07) is 0. The van der Waals surface area contributed by atoms with Crippen LogP contribution in [-0.4, -0.2) is 48.2 Å². The van der Waals surface area contributed by atoms with E-state index in [9.17, 15) is 9.59 Å². The summed E-state index contributed by atoms with van der Waals surface area (Å²) in [5.74, 6) is -0.245. The zero-order valence-electron chi connectivity index (χ0n) is 12.0. The lowest BCUT2D eigenvalue weighted by Crippen LogP contribution is -2.37. The molecule has 0 atom stereocenters. The quantitative estimate of drug-likeness (QED) is 0.770. The fourth-order valence-electron chi connectivity index (χ4n) is 1.99. The standard InChI is InChI=1S/C13H22N4O2/c1-5-9-10(6-2)15-16-12(18)11(9)13(19)17(4)8-7-14-3/h14H,5-8H2,1-4H3,(H,16,18). The Hall–Kier alpha value is -1.69. The van der Waals surface area contributed by atoms with Crippen LogP contribution < -0.4 is 10.9 Å². The van der Waals surface area contributed by atoms with E-state index in [0.717, 1.165) is 11.3 Å². The van der Waals surface area contributed by atoms with Gasteiger partial charge in [0, 0.05) is 20.1 Å². The van der Waals surface area contributed by atoms with Gasteiger partial charge in [0.25, 0.3) is 11.5 Å². The second-order valence-electron chi connectivity index (χ2n) is 4.39. The Morgan fingerprint density at radius 3 is 2.58 bits per heavy atom. The van der Waals surface area contributed by atoms with Gasteiger partial charge in [-0.1, -0.05) is 13.8 Å². The average molecular weight is 266 g/mol. The monoisotopic (exact) mass is 266 g/mol. The first-order valence-corrected chi connectivity index (χ1v) is 6.57. The number of aryl methyl sites for hydroxylation is 1. The Labute approximate surface area is 113 Å². The summed E-state index contributed by atoms with van der Waals surface area (Å²) in [5, 5.41) is 9.41. The minimum atomic E-state index is -0.407. The highest BCUT2D eigenvalue weighted by Gasteiger charge is 2.21. The maximum Gasteiger partial charge on any atom is 0.277 e. The van der Waals surface area contributed by atoms with Crippen LogP contribution in [0.1, 0.15) is 35.5 Å². The zero-order chi connectivity index (χ0) is 14.4. The molecule has 0 aliphatic carbocycles. The van der Waals surface area contributed by atoms with Crippen LogP contribution in [0.4, 0.5) is 0 Å². The van der Waals surface area contributed by atoms with Crippen molar-refractivity contribution in [1.29, 1.82) is 0 Å². The molecule has 1 amide bonds. The minimum Gasteiger partial charge on any atom is -0.340 e. The summed E-state index contributed by atoms with van der Waals surface area (Å²) in [4.78, 5) is 25.8. The van der Waals surface area contributed by atoms with E-state index in [1.165, 1.54) is 0 Å². The number of likely N-dealkylation sites (N-methyl/N-ethyl adjacent to an activating group) is 2. The number of hydrogen-bond acceptors (Lipinski definition) is 4. The van der Waals surface area contributed by atoms with E-state index in [1.807, 2.05) is 20.9 Å². The normalized spacial score (nSPS) is 10.5. The number of aromatic nitrogens is 2. The lowest BCUT2D eigenvalue weighted by molar-refractivity contribution is 0.0793. The van der Waals surface area contributed by atoms with Gasteiger partial charge in [0.15, 0.2) is 0 Å². The molecule has 2 N–H and O–H groups in total. The van der Waals surface area contributed by atoms with Crippen LogP contribution in [0.3, 0.4) is 0 Å². The average Bonchev–Trinajstić information content (AvgIpc) is 2.43. The number of hydrogen-bond donors (Lipinski definition) is 2. The molecule has 0 aromatic carbocycles. The number of aromatic amines is 1. The first-order valence-electron chi connectivity index (χ1n) is 6.57. The van der Waals surface area contributed by atoms with Gasteiger partial charge in [-0.2, -0.15) is 5.10 Å². The van der Waals surface area contributed by atoms with Crippen molar-refractivity contribution in [2.45, 2.75) is 26.7 Å². The van der Waals surface area contributed by atoms with Crippen LogP contribution in [0.5, 0.6) is 0 Å². The summed E-state index contributed by atoms with van der Waals surface area (Å²) in [5.41, 5.74) is 1.36. The number of nitrogens with zero attached hydrogens (tertiary/aromatic N) is 2. The first-order chi connectivity index (χ1) is 9.06. The smallest absolute Gasteiger partial charge is 0.277 e. The van der Waals surface area contributed by atoms with Gasteiger partial charge in [-0.15, -0.1) is 0 Å². The van der Waals surface area contributed by atoms with Crippen LogP contribution in [0.25, 0.3) is 0 Å². The highest BCUT2D eigenvalue weighted by molar-refractivity contribution is 5.95. The summed E-state index contributed by atoms with van der Waals surface area (Å²) in [6.07, 6.45) is 1.32. The molecule has 0 fully saturated rings. The van der Waals surface area contributed by atoms with Gasteiger partial charge in [-0.05, 0) is 25.5 Å². The molecule has 1 heterocycles. The fraction of sp³-hybridized carbons (Fsp3) is 0.615. The molecule has 0 unspecified atom stereocenters. The van der Waals surface area contributed by atoms with Crippen LogP contribution in [0.2, 0.25) is 0 Å². The molecule has 0 bridgehead atoms. The fourth-order valence-corrected chi connectivity index (χ4v) is 1.99. The third kappa shape index (κ3) is 3.41. The molecule has 0 radical (unpaired) electrons. The van der Waals surface area contributed by atoms with Crippen molar-refractivity contribution in [3.8, 4) is 0 Å². The van der Waals surface area contributed by atoms with Crippen molar-refractivity contribution in [2.24, 2.45) is 0 Å². The lowest BCUT2D eigenvalue weighted by atomic mass is 10.0. The zero-order valence-corrected chi connectivity index (χ0v) is 12.0. The van der Waals surface area contributed by atoms with Gasteiger partial charge >= 0.3 is 0 Å². The predicted octanol–water partition coefficient (Wildman–Crippen LogP) is 0.186. The Morgan fingerprint density at radius 1 is 1.37 bits per heavy atom. The summed E-state index contributed by atoms with van der Waals surface area (Å²) >= 11 is 0. The summed E-state index contributed by atoms with van der Waals surface area (Å²) in [6.45, 7) is 5.13. The molecule has 0 saturated carbocycles. The number of H-pyrrole nitrogens is 1. The van der Waals surface area contributed by atoms with Gasteiger partial charge in [-0.3, -0.25) is 9.59 Å². The van der Waals surface area contributed by atoms with E-state index in [2.05, 4.69) is 15.5 Å². The first kappa shape index (κ1) is 15.4. The number of nitrogens with one attached hydrogen (secondary N) is 2. The van der Waals surface area contributed by atoms with Gasteiger partial charge < -0.3 is 10.2 Å². The Balaban J connectivity index is 3.18. The second-order valence-corrected chi connectivity index (χ2v) is 4.39. The molecule has 106 valence electrons. The van der Waals surface area contributed by atoms with E-state index in [0.29, 0.717) is 25.9 Å². The van der Waals surface area contributed by atoms with Crippen LogP contribution in [0.15, 0.2) is 4.79 Å². The number of amides is 1. The van der Waals surface area contributed by atoms with Gasteiger partial charge in [-0.25, -0.2) is 5.10 Å². The second kappa shape index (κ2) is 7.04. The Morgan fingerprint density at radius 2 is 2.05 bits per heavy atom. The van der Waals surface area contributed by atoms with Crippen molar-refractivity contribution in [3.05, 3.63) is 27.2 Å². The molecule has 0 spiro atoms. The number of rotatable bonds is 6. The van der Waals surface area contributed by atoms with E-state index in [1.54, 1.807) is 11.9 Å². The summed E-state index contributed by atoms with van der Waals surface area (Å²) in [7, 11) is 3.52. The molecular formula is C13H22N4O2. The largest absolute Gasteiger partial charge is 0.340 e. The topological polar surface area (TPSA) is 78.1 Å². The van der Waals surface area contributed by atoms with E-state index in [4.69, 9.17) is 0 Å². The molecule has 6 nitrogen and oxygen atoms in total. The van der Waals surface area contributed by atoms with Crippen LogP contribution >= 0.6 is 0 Å². The third-order valence-electron chi connectivity index (χ3n) is 3.12. The van der Waals surface area contributed by atoms with Gasteiger partial charge in [0.2, 0.25) is 0 Å². The minimum absolute atomic E-state index is 0.230. The van der Waals surface area contributed by atoms with Crippen molar-refractivity contribution < 1.29 is 4.79 Å². The van der Waals surface area contributed by atoms with Crippen molar-refractivity contribution in [2.75, 3.05) is 27.2 Å². The van der Waals surface area contributed by atoms with Crippen LogP contribution in [-0.2, 0) is 12.8 Å². The van der Waals surface area contributed by atoms with Crippen molar-refractivity contribution in [3.63, 3.8) is 0 Å². The van der Waals surface area contributed by atoms with Crippen LogP contribution in [0, 0.1) is 0 Å².